The van der Waals surface area contributed by atoms with Gasteiger partial charge in [-0.2, -0.15) is 5.26 Å². The maximum Gasteiger partial charge on any atom is 0.272 e. The molecule has 0 atom stereocenters. The van der Waals surface area contributed by atoms with Gasteiger partial charge in [0.25, 0.3) is 5.91 Å². The van der Waals surface area contributed by atoms with Crippen LogP contribution in [0, 0.1) is 17.2 Å². The second kappa shape index (κ2) is 6.23. The monoisotopic (exact) mass is 284 g/mol. The fourth-order valence-electron chi connectivity index (χ4n) is 2.86. The number of amides is 1. The number of rotatable bonds is 4. The third-order valence-electron chi connectivity index (χ3n) is 4.27. The van der Waals surface area contributed by atoms with Gasteiger partial charge in [-0.3, -0.25) is 4.79 Å². The van der Waals surface area contributed by atoms with Crippen molar-refractivity contribution < 1.29 is 4.79 Å². The number of hydrogen-bond donors (Lipinski definition) is 1. The average Bonchev–Trinajstić information content (AvgIpc) is 3.38. The maximum atomic E-state index is 12.7. The first kappa shape index (κ1) is 14.0. The van der Waals surface area contributed by atoms with E-state index in [1.807, 2.05) is 11.0 Å². The molecule has 2 fully saturated rings. The van der Waals surface area contributed by atoms with Gasteiger partial charge in [0.05, 0.1) is 5.56 Å². The predicted octanol–water partition coefficient (Wildman–Crippen LogP) is 1.56. The van der Waals surface area contributed by atoms with Crippen molar-refractivity contribution in [3.63, 3.8) is 0 Å². The Morgan fingerprint density at radius 1 is 1.33 bits per heavy atom. The van der Waals surface area contributed by atoms with Crippen molar-refractivity contribution in [2.24, 2.45) is 5.92 Å². The van der Waals surface area contributed by atoms with Crippen LogP contribution in [0.4, 0.5) is 0 Å². The second-order valence-electron chi connectivity index (χ2n) is 5.93. The zero-order chi connectivity index (χ0) is 14.7. The first-order valence-corrected chi connectivity index (χ1v) is 7.66. The minimum atomic E-state index is 0.0144. The van der Waals surface area contributed by atoms with Crippen LogP contribution in [0.15, 0.2) is 18.3 Å². The quantitative estimate of drug-likeness (QED) is 0.911. The summed E-state index contributed by atoms with van der Waals surface area (Å²) in [6.45, 7) is 2.94. The van der Waals surface area contributed by atoms with Gasteiger partial charge in [0.2, 0.25) is 0 Å². The summed E-state index contributed by atoms with van der Waals surface area (Å²) in [5.41, 5.74) is 0.942. The number of nitrogens with one attached hydrogen (secondary N) is 1. The lowest BCUT2D eigenvalue weighted by molar-refractivity contribution is 0.0695. The SMILES string of the molecule is N#Cc1ccc(C(=O)N(CC2CCNCC2)C2CC2)nc1. The molecule has 0 unspecified atom stereocenters. The summed E-state index contributed by atoms with van der Waals surface area (Å²) in [5.74, 6) is 0.606. The molecule has 1 aromatic rings. The molecule has 5 nitrogen and oxygen atoms in total. The summed E-state index contributed by atoms with van der Waals surface area (Å²) in [5, 5.41) is 12.2. The topological polar surface area (TPSA) is 69.0 Å². The van der Waals surface area contributed by atoms with E-state index in [-0.39, 0.29) is 5.91 Å². The van der Waals surface area contributed by atoms with Gasteiger partial charge in [0.15, 0.2) is 0 Å². The first-order valence-electron chi connectivity index (χ1n) is 7.66. The number of nitrogens with zero attached hydrogens (tertiary/aromatic N) is 3. The molecule has 1 saturated carbocycles. The second-order valence-corrected chi connectivity index (χ2v) is 5.93. The minimum Gasteiger partial charge on any atom is -0.334 e. The standard InChI is InChI=1S/C16H20N4O/c17-9-13-1-4-15(19-10-13)16(21)20(14-2-3-14)11-12-5-7-18-8-6-12/h1,4,10,12,14,18H,2-3,5-8,11H2. The van der Waals surface area contributed by atoms with Crippen LogP contribution in [-0.4, -0.2) is 41.5 Å². The van der Waals surface area contributed by atoms with Gasteiger partial charge < -0.3 is 10.2 Å². The first-order chi connectivity index (χ1) is 10.3. The van der Waals surface area contributed by atoms with Gasteiger partial charge in [-0.15, -0.1) is 0 Å². The van der Waals surface area contributed by atoms with E-state index in [0.29, 0.717) is 23.2 Å². The Labute approximate surface area is 125 Å². The van der Waals surface area contributed by atoms with Crippen molar-refractivity contribution in [2.45, 2.75) is 31.7 Å². The maximum absolute atomic E-state index is 12.7. The van der Waals surface area contributed by atoms with Gasteiger partial charge in [0, 0.05) is 18.8 Å². The van der Waals surface area contributed by atoms with Crippen LogP contribution < -0.4 is 5.32 Å². The Balaban J connectivity index is 1.70. The molecule has 1 aliphatic heterocycles. The molecule has 0 bridgehead atoms. The predicted molar refractivity (Wildman–Crippen MR) is 78.6 cm³/mol. The van der Waals surface area contributed by atoms with Crippen LogP contribution in [0.5, 0.6) is 0 Å². The molecule has 1 saturated heterocycles. The van der Waals surface area contributed by atoms with E-state index in [4.69, 9.17) is 5.26 Å². The number of hydrogen-bond acceptors (Lipinski definition) is 4. The number of carbonyl (C=O) groups excluding carboxylic acids is 1. The summed E-state index contributed by atoms with van der Waals surface area (Å²) in [6, 6.07) is 5.75. The Morgan fingerprint density at radius 3 is 2.67 bits per heavy atom. The summed E-state index contributed by atoms with van der Waals surface area (Å²) < 4.78 is 0. The third-order valence-corrected chi connectivity index (χ3v) is 4.27. The van der Waals surface area contributed by atoms with Crippen LogP contribution in [-0.2, 0) is 0 Å². The molecule has 0 spiro atoms. The van der Waals surface area contributed by atoms with Gasteiger partial charge in [0.1, 0.15) is 11.8 Å². The molecular formula is C16H20N4O. The molecule has 1 aliphatic carbocycles. The summed E-state index contributed by atoms with van der Waals surface area (Å²) in [4.78, 5) is 18.8. The zero-order valence-corrected chi connectivity index (χ0v) is 12.1. The van der Waals surface area contributed by atoms with Gasteiger partial charge in [-0.05, 0) is 56.8 Å². The van der Waals surface area contributed by atoms with Gasteiger partial charge in [-0.1, -0.05) is 0 Å². The fourth-order valence-corrected chi connectivity index (χ4v) is 2.86. The molecule has 2 aliphatic rings. The molecule has 2 heterocycles. The van der Waals surface area contributed by atoms with E-state index in [1.165, 1.54) is 6.20 Å². The molecule has 110 valence electrons. The van der Waals surface area contributed by atoms with Crippen LogP contribution in [0.25, 0.3) is 0 Å². The van der Waals surface area contributed by atoms with E-state index in [0.717, 1.165) is 45.3 Å². The zero-order valence-electron chi connectivity index (χ0n) is 12.1. The molecule has 21 heavy (non-hydrogen) atoms. The Morgan fingerprint density at radius 2 is 2.10 bits per heavy atom. The highest BCUT2D eigenvalue weighted by Gasteiger charge is 2.35. The number of nitriles is 1. The van der Waals surface area contributed by atoms with Crippen molar-refractivity contribution in [3.8, 4) is 6.07 Å². The largest absolute Gasteiger partial charge is 0.334 e. The van der Waals surface area contributed by atoms with Crippen molar-refractivity contribution in [1.82, 2.24) is 15.2 Å². The lowest BCUT2D eigenvalue weighted by Crippen LogP contribution is -2.40. The fraction of sp³-hybridized carbons (Fsp3) is 0.562. The minimum absolute atomic E-state index is 0.0144. The molecule has 3 rings (SSSR count). The van der Waals surface area contributed by atoms with Crippen LogP contribution in [0.3, 0.4) is 0 Å². The normalized spacial score (nSPS) is 19.0. The molecular weight excluding hydrogens is 264 g/mol. The lowest BCUT2D eigenvalue weighted by atomic mass is 9.97. The highest BCUT2D eigenvalue weighted by molar-refractivity contribution is 5.92. The Kier molecular flexibility index (Phi) is 4.16. The molecule has 5 heteroatoms. The lowest BCUT2D eigenvalue weighted by Gasteiger charge is -2.30. The van der Waals surface area contributed by atoms with Gasteiger partial charge in [-0.25, -0.2) is 4.98 Å². The number of aromatic nitrogens is 1. The molecule has 1 amide bonds. The number of pyridine rings is 1. The average molecular weight is 284 g/mol. The molecule has 1 N–H and O–H groups in total. The van der Waals surface area contributed by atoms with Crippen molar-refractivity contribution in [3.05, 3.63) is 29.6 Å². The Bertz CT molecular complexity index is 538. The summed E-state index contributed by atoms with van der Waals surface area (Å²) in [6.07, 6.45) is 5.96. The smallest absolute Gasteiger partial charge is 0.272 e. The van der Waals surface area contributed by atoms with Crippen LogP contribution >= 0.6 is 0 Å². The number of carbonyl (C=O) groups is 1. The van der Waals surface area contributed by atoms with E-state index in [1.54, 1.807) is 12.1 Å². The highest BCUT2D eigenvalue weighted by atomic mass is 16.2. The molecule has 0 aromatic carbocycles. The van der Waals surface area contributed by atoms with Crippen molar-refractivity contribution >= 4 is 5.91 Å². The van der Waals surface area contributed by atoms with Crippen LogP contribution in [0.2, 0.25) is 0 Å². The third kappa shape index (κ3) is 3.40. The van der Waals surface area contributed by atoms with Crippen LogP contribution in [0.1, 0.15) is 41.7 Å². The van der Waals surface area contributed by atoms with E-state index >= 15 is 0 Å². The van der Waals surface area contributed by atoms with E-state index in [9.17, 15) is 4.79 Å². The van der Waals surface area contributed by atoms with E-state index in [2.05, 4.69) is 10.3 Å². The number of piperidine rings is 1. The van der Waals surface area contributed by atoms with E-state index < -0.39 is 0 Å². The summed E-state index contributed by atoms with van der Waals surface area (Å²) >= 11 is 0. The Hall–Kier alpha value is -1.93. The van der Waals surface area contributed by atoms with Crippen molar-refractivity contribution in [2.75, 3.05) is 19.6 Å². The molecule has 0 radical (unpaired) electrons. The summed E-state index contributed by atoms with van der Waals surface area (Å²) in [7, 11) is 0. The van der Waals surface area contributed by atoms with Gasteiger partial charge >= 0.3 is 0 Å². The molecule has 1 aromatic heterocycles. The highest BCUT2D eigenvalue weighted by Crippen LogP contribution is 2.30. The van der Waals surface area contributed by atoms with Crippen molar-refractivity contribution in [1.29, 1.82) is 5.26 Å².